The fourth-order valence-electron chi connectivity index (χ4n) is 3.60. The number of rotatable bonds is 4. The topological polar surface area (TPSA) is 87.7 Å². The second kappa shape index (κ2) is 7.84. The minimum atomic E-state index is -0.655. The molecule has 1 atom stereocenters. The van der Waals surface area contributed by atoms with Gasteiger partial charge in [0, 0.05) is 10.7 Å². The summed E-state index contributed by atoms with van der Waals surface area (Å²) in [5.41, 5.74) is 4.13. The average Bonchev–Trinajstić information content (AvgIpc) is 3.10. The lowest BCUT2D eigenvalue weighted by molar-refractivity contribution is -0.136. The number of cyclic esters (lactones) is 1. The second-order valence-electron chi connectivity index (χ2n) is 7.25. The zero-order valence-corrected chi connectivity index (χ0v) is 17.2. The Bertz CT molecular complexity index is 1080. The Morgan fingerprint density at radius 2 is 1.93 bits per heavy atom. The Hall–Kier alpha value is -3.32. The number of hydrogen-bond donors (Lipinski definition) is 2. The molecule has 0 fully saturated rings. The van der Waals surface area contributed by atoms with Crippen molar-refractivity contribution in [2.75, 3.05) is 18.5 Å². The van der Waals surface area contributed by atoms with E-state index in [1.54, 1.807) is 30.3 Å². The first kappa shape index (κ1) is 20.0. The first-order valence-electron chi connectivity index (χ1n) is 9.45. The van der Waals surface area contributed by atoms with E-state index >= 15 is 0 Å². The molecule has 2 aromatic carbocycles. The van der Waals surface area contributed by atoms with Gasteiger partial charge in [0.05, 0.1) is 17.3 Å². The number of nitrogens with zero attached hydrogens (tertiary/aromatic N) is 1. The van der Waals surface area contributed by atoms with Gasteiger partial charge in [0.2, 0.25) is 5.91 Å². The molecule has 7 nitrogen and oxygen atoms in total. The summed E-state index contributed by atoms with van der Waals surface area (Å²) in [6, 6.07) is 11.4. The van der Waals surface area contributed by atoms with E-state index in [4.69, 9.17) is 16.3 Å². The van der Waals surface area contributed by atoms with E-state index in [1.807, 2.05) is 26.0 Å². The number of amides is 3. The fourth-order valence-corrected chi connectivity index (χ4v) is 3.73. The van der Waals surface area contributed by atoms with Crippen LogP contribution >= 0.6 is 11.6 Å². The number of urea groups is 1. The highest BCUT2D eigenvalue weighted by Crippen LogP contribution is 2.35. The largest absolute Gasteiger partial charge is 0.456 e. The van der Waals surface area contributed by atoms with E-state index in [2.05, 4.69) is 10.6 Å². The van der Waals surface area contributed by atoms with E-state index in [1.165, 1.54) is 4.90 Å². The van der Waals surface area contributed by atoms with Crippen molar-refractivity contribution in [1.29, 1.82) is 0 Å². The average molecular weight is 426 g/mol. The van der Waals surface area contributed by atoms with Gasteiger partial charge in [0.15, 0.2) is 0 Å². The molecule has 2 N–H and O–H groups in total. The molecule has 0 spiro atoms. The van der Waals surface area contributed by atoms with Crippen molar-refractivity contribution >= 4 is 35.2 Å². The number of hydrogen-bond acceptors (Lipinski definition) is 4. The van der Waals surface area contributed by atoms with Crippen LogP contribution in [0.1, 0.15) is 22.7 Å². The van der Waals surface area contributed by atoms with Crippen molar-refractivity contribution in [3.05, 3.63) is 75.4 Å². The summed E-state index contributed by atoms with van der Waals surface area (Å²) in [5.74, 6) is -0.875. The molecule has 2 aliphatic heterocycles. The number of benzene rings is 2. The Labute approximate surface area is 178 Å². The summed E-state index contributed by atoms with van der Waals surface area (Å²) in [4.78, 5) is 39.1. The van der Waals surface area contributed by atoms with Crippen molar-refractivity contribution in [2.45, 2.75) is 19.9 Å². The van der Waals surface area contributed by atoms with E-state index in [9.17, 15) is 14.4 Å². The van der Waals surface area contributed by atoms with Crippen molar-refractivity contribution in [1.82, 2.24) is 10.2 Å². The molecule has 0 bridgehead atoms. The molecule has 0 aliphatic carbocycles. The molecule has 0 aromatic heterocycles. The Morgan fingerprint density at radius 3 is 2.67 bits per heavy atom. The Kier molecular flexibility index (Phi) is 5.22. The number of esters is 1. The highest BCUT2D eigenvalue weighted by atomic mass is 35.5. The van der Waals surface area contributed by atoms with Gasteiger partial charge in [-0.15, -0.1) is 0 Å². The monoisotopic (exact) mass is 425 g/mol. The number of halogens is 1. The standard InChI is InChI=1S/C22H20ClN3O4/c1-12-4-3-5-16(13(12)2)24-18(27)10-26-17-11-30-21(28)19(17)20(25-22(26)29)14-6-8-15(23)9-7-14/h3-9,20H,10-11H2,1-2H3,(H,24,27)(H,25,29)/t20-/m0/s1. The molecule has 2 aliphatic rings. The van der Waals surface area contributed by atoms with Gasteiger partial charge in [-0.3, -0.25) is 9.69 Å². The Balaban J connectivity index is 1.60. The van der Waals surface area contributed by atoms with E-state index in [0.717, 1.165) is 11.1 Å². The molecule has 154 valence electrons. The van der Waals surface area contributed by atoms with Crippen LogP contribution in [0.15, 0.2) is 53.7 Å². The van der Waals surface area contributed by atoms with E-state index in [-0.39, 0.29) is 19.1 Å². The van der Waals surface area contributed by atoms with Crippen LogP contribution in [-0.4, -0.2) is 36.0 Å². The number of carbonyl (C=O) groups is 3. The van der Waals surface area contributed by atoms with E-state index in [0.29, 0.717) is 27.5 Å². The predicted molar refractivity (Wildman–Crippen MR) is 112 cm³/mol. The van der Waals surface area contributed by atoms with Gasteiger partial charge in [-0.2, -0.15) is 0 Å². The smallest absolute Gasteiger partial charge is 0.338 e. The van der Waals surface area contributed by atoms with Gasteiger partial charge < -0.3 is 15.4 Å². The number of carbonyl (C=O) groups excluding carboxylic acids is 3. The maximum absolute atomic E-state index is 12.8. The van der Waals surface area contributed by atoms with Gasteiger partial charge in [0.1, 0.15) is 13.2 Å². The second-order valence-corrected chi connectivity index (χ2v) is 7.69. The van der Waals surface area contributed by atoms with Gasteiger partial charge in [-0.25, -0.2) is 9.59 Å². The molecule has 0 radical (unpaired) electrons. The first-order chi connectivity index (χ1) is 14.3. The van der Waals surface area contributed by atoms with Crippen molar-refractivity contribution < 1.29 is 19.1 Å². The van der Waals surface area contributed by atoms with Gasteiger partial charge in [-0.05, 0) is 48.7 Å². The highest BCUT2D eigenvalue weighted by molar-refractivity contribution is 6.30. The summed E-state index contributed by atoms with van der Waals surface area (Å²) >= 11 is 5.94. The molecule has 3 amide bonds. The SMILES string of the molecule is Cc1cccc(NC(=O)CN2C(=O)N[C@@H](c3ccc(Cl)cc3)C3=C2COC3=O)c1C. The van der Waals surface area contributed by atoms with Gasteiger partial charge in [-0.1, -0.05) is 35.9 Å². The van der Waals surface area contributed by atoms with Crippen LogP contribution < -0.4 is 10.6 Å². The lowest BCUT2D eigenvalue weighted by Gasteiger charge is -2.32. The van der Waals surface area contributed by atoms with Crippen LogP contribution in [-0.2, 0) is 14.3 Å². The number of anilines is 1. The third kappa shape index (κ3) is 3.64. The summed E-state index contributed by atoms with van der Waals surface area (Å²) in [5, 5.41) is 6.18. The summed E-state index contributed by atoms with van der Waals surface area (Å²) in [6.07, 6.45) is 0. The minimum absolute atomic E-state index is 0.0531. The molecule has 0 unspecified atom stereocenters. The summed E-state index contributed by atoms with van der Waals surface area (Å²) in [6.45, 7) is 3.59. The highest BCUT2D eigenvalue weighted by Gasteiger charge is 2.42. The molecule has 8 heteroatoms. The number of aryl methyl sites for hydroxylation is 1. The van der Waals surface area contributed by atoms with Crippen LogP contribution in [0.5, 0.6) is 0 Å². The predicted octanol–water partition coefficient (Wildman–Crippen LogP) is 3.47. The molecule has 2 aromatic rings. The third-order valence-electron chi connectivity index (χ3n) is 5.38. The van der Waals surface area contributed by atoms with Crippen molar-refractivity contribution in [3.63, 3.8) is 0 Å². The summed E-state index contributed by atoms with van der Waals surface area (Å²) < 4.78 is 5.18. The molecule has 2 heterocycles. The minimum Gasteiger partial charge on any atom is -0.456 e. The van der Waals surface area contributed by atoms with Crippen LogP contribution in [0.3, 0.4) is 0 Å². The number of nitrogens with one attached hydrogen (secondary N) is 2. The number of ether oxygens (including phenoxy) is 1. The molecule has 0 saturated carbocycles. The molecule has 4 rings (SSSR count). The quantitative estimate of drug-likeness (QED) is 0.734. The maximum atomic E-state index is 12.8. The van der Waals surface area contributed by atoms with Gasteiger partial charge in [0.25, 0.3) is 0 Å². The van der Waals surface area contributed by atoms with E-state index < -0.39 is 18.0 Å². The fraction of sp³-hybridized carbons (Fsp3) is 0.227. The maximum Gasteiger partial charge on any atom is 0.338 e. The van der Waals surface area contributed by atoms with Gasteiger partial charge >= 0.3 is 12.0 Å². The van der Waals surface area contributed by atoms with Crippen molar-refractivity contribution in [3.8, 4) is 0 Å². The zero-order valence-electron chi connectivity index (χ0n) is 16.5. The van der Waals surface area contributed by atoms with Crippen LogP contribution in [0.25, 0.3) is 0 Å². The van der Waals surface area contributed by atoms with Crippen LogP contribution in [0, 0.1) is 13.8 Å². The lowest BCUT2D eigenvalue weighted by atomic mass is 9.96. The van der Waals surface area contributed by atoms with Crippen molar-refractivity contribution in [2.24, 2.45) is 0 Å². The van der Waals surface area contributed by atoms with Crippen LogP contribution in [0.4, 0.5) is 10.5 Å². The lowest BCUT2D eigenvalue weighted by Crippen LogP contribution is -2.49. The summed E-state index contributed by atoms with van der Waals surface area (Å²) in [7, 11) is 0. The molecule has 30 heavy (non-hydrogen) atoms. The Morgan fingerprint density at radius 1 is 1.20 bits per heavy atom. The first-order valence-corrected chi connectivity index (χ1v) is 9.82. The third-order valence-corrected chi connectivity index (χ3v) is 5.63. The molecular formula is C22H20ClN3O4. The normalized spacial score (nSPS) is 18.1. The molecular weight excluding hydrogens is 406 g/mol. The zero-order chi connectivity index (χ0) is 21.4. The van der Waals surface area contributed by atoms with Crippen LogP contribution in [0.2, 0.25) is 5.02 Å². The molecule has 0 saturated heterocycles.